The molecule has 1 aromatic carbocycles. The van der Waals surface area contributed by atoms with Crippen molar-refractivity contribution in [1.82, 2.24) is 14.8 Å². The second kappa shape index (κ2) is 7.02. The van der Waals surface area contributed by atoms with Gasteiger partial charge in [-0.3, -0.25) is 9.59 Å². The standard InChI is InChI=1S/C19H22FN3O4/c1-19(2,3)27-18(26)23-8-6-22(7-9-23)17(25)14-10-12-4-5-13(20)11-15(12)21-16(14)24/h4-5,10-11H,6-9H2,1-3H3,(H,21,24). The van der Waals surface area contributed by atoms with Crippen LogP contribution in [0.1, 0.15) is 31.1 Å². The highest BCUT2D eigenvalue weighted by atomic mass is 19.1. The molecule has 1 saturated heterocycles. The Hall–Kier alpha value is -2.90. The van der Waals surface area contributed by atoms with Gasteiger partial charge in [0.1, 0.15) is 17.0 Å². The normalized spacial score (nSPS) is 15.1. The number of benzene rings is 1. The molecule has 0 spiro atoms. The van der Waals surface area contributed by atoms with Gasteiger partial charge in [-0.2, -0.15) is 0 Å². The highest BCUT2D eigenvalue weighted by Gasteiger charge is 2.29. The predicted octanol–water partition coefficient (Wildman–Crippen LogP) is 2.36. The van der Waals surface area contributed by atoms with Gasteiger partial charge in [0, 0.05) is 26.2 Å². The molecule has 1 aliphatic rings. The van der Waals surface area contributed by atoms with Crippen molar-refractivity contribution in [3.8, 4) is 0 Å². The largest absolute Gasteiger partial charge is 0.444 e. The number of aromatic nitrogens is 1. The maximum Gasteiger partial charge on any atom is 0.410 e. The first-order valence-corrected chi connectivity index (χ1v) is 8.74. The van der Waals surface area contributed by atoms with Crippen LogP contribution in [0, 0.1) is 5.82 Å². The van der Waals surface area contributed by atoms with E-state index in [1.807, 2.05) is 0 Å². The van der Waals surface area contributed by atoms with Crippen molar-refractivity contribution < 1.29 is 18.7 Å². The number of halogens is 1. The van der Waals surface area contributed by atoms with Gasteiger partial charge in [-0.15, -0.1) is 0 Å². The highest BCUT2D eigenvalue weighted by molar-refractivity contribution is 5.97. The van der Waals surface area contributed by atoms with Gasteiger partial charge in [-0.05, 0) is 50.4 Å². The van der Waals surface area contributed by atoms with Crippen LogP contribution in [-0.2, 0) is 4.74 Å². The smallest absolute Gasteiger partial charge is 0.410 e. The molecule has 144 valence electrons. The highest BCUT2D eigenvalue weighted by Crippen LogP contribution is 2.16. The number of ether oxygens (including phenoxy) is 1. The molecule has 0 radical (unpaired) electrons. The van der Waals surface area contributed by atoms with E-state index in [1.165, 1.54) is 29.2 Å². The molecule has 0 atom stereocenters. The molecule has 27 heavy (non-hydrogen) atoms. The number of nitrogens with zero attached hydrogens (tertiary/aromatic N) is 2. The first-order valence-electron chi connectivity index (χ1n) is 8.74. The molecule has 1 aliphatic heterocycles. The quantitative estimate of drug-likeness (QED) is 0.830. The fourth-order valence-electron chi connectivity index (χ4n) is 2.92. The van der Waals surface area contributed by atoms with Gasteiger partial charge >= 0.3 is 6.09 Å². The molecule has 1 N–H and O–H groups in total. The van der Waals surface area contributed by atoms with E-state index in [1.54, 1.807) is 25.7 Å². The SMILES string of the molecule is CC(C)(C)OC(=O)N1CCN(C(=O)c2cc3ccc(F)cc3[nH]c2=O)CC1. The Morgan fingerprint density at radius 1 is 1.07 bits per heavy atom. The summed E-state index contributed by atoms with van der Waals surface area (Å²) in [5.74, 6) is -0.873. The molecule has 0 saturated carbocycles. The Morgan fingerprint density at radius 2 is 1.70 bits per heavy atom. The Bertz CT molecular complexity index is 940. The summed E-state index contributed by atoms with van der Waals surface area (Å²) in [4.78, 5) is 42.7. The molecular formula is C19H22FN3O4. The van der Waals surface area contributed by atoms with E-state index in [2.05, 4.69) is 4.98 Å². The predicted molar refractivity (Wildman–Crippen MR) is 98.2 cm³/mol. The van der Waals surface area contributed by atoms with E-state index in [4.69, 9.17) is 4.74 Å². The molecule has 0 aliphatic carbocycles. The monoisotopic (exact) mass is 375 g/mol. The third kappa shape index (κ3) is 4.27. The summed E-state index contributed by atoms with van der Waals surface area (Å²) in [5.41, 5.74) is -0.805. The number of hydrogen-bond donors (Lipinski definition) is 1. The van der Waals surface area contributed by atoms with Gasteiger partial charge in [0.2, 0.25) is 0 Å². The van der Waals surface area contributed by atoms with Crippen LogP contribution >= 0.6 is 0 Å². The minimum Gasteiger partial charge on any atom is -0.444 e. The van der Waals surface area contributed by atoms with E-state index in [-0.39, 0.29) is 5.56 Å². The number of rotatable bonds is 1. The van der Waals surface area contributed by atoms with Crippen LogP contribution in [0.2, 0.25) is 0 Å². The van der Waals surface area contributed by atoms with Crippen LogP contribution in [0.15, 0.2) is 29.1 Å². The minimum absolute atomic E-state index is 0.000161. The van der Waals surface area contributed by atoms with E-state index in [9.17, 15) is 18.8 Å². The summed E-state index contributed by atoms with van der Waals surface area (Å²) in [6.45, 7) is 6.65. The second-order valence-electron chi connectivity index (χ2n) is 7.50. The lowest BCUT2D eigenvalue weighted by molar-refractivity contribution is 0.0140. The molecule has 8 heteroatoms. The van der Waals surface area contributed by atoms with E-state index in [0.29, 0.717) is 37.1 Å². The van der Waals surface area contributed by atoms with Crippen LogP contribution in [0.25, 0.3) is 10.9 Å². The maximum atomic E-state index is 13.3. The number of hydrogen-bond acceptors (Lipinski definition) is 4. The zero-order valence-corrected chi connectivity index (χ0v) is 15.5. The first kappa shape index (κ1) is 18.9. The summed E-state index contributed by atoms with van der Waals surface area (Å²) in [6.07, 6.45) is -0.417. The molecule has 3 rings (SSSR count). The Kier molecular flexibility index (Phi) is 4.91. The molecule has 7 nitrogen and oxygen atoms in total. The topological polar surface area (TPSA) is 82.7 Å². The number of aromatic amines is 1. The molecule has 1 fully saturated rings. The van der Waals surface area contributed by atoms with Crippen molar-refractivity contribution in [3.63, 3.8) is 0 Å². The van der Waals surface area contributed by atoms with Gasteiger partial charge in [-0.1, -0.05) is 0 Å². The molecule has 2 aromatic rings. The summed E-state index contributed by atoms with van der Waals surface area (Å²) in [7, 11) is 0. The Labute approximate surface area is 155 Å². The molecule has 2 amide bonds. The van der Waals surface area contributed by atoms with Gasteiger partial charge in [0.05, 0.1) is 5.52 Å². The number of amides is 2. The van der Waals surface area contributed by atoms with Crippen LogP contribution < -0.4 is 5.56 Å². The molecular weight excluding hydrogens is 353 g/mol. The summed E-state index contributed by atoms with van der Waals surface area (Å²) < 4.78 is 18.6. The molecule has 0 unspecified atom stereocenters. The van der Waals surface area contributed by atoms with Crippen molar-refractivity contribution in [2.45, 2.75) is 26.4 Å². The lowest BCUT2D eigenvalue weighted by atomic mass is 10.1. The van der Waals surface area contributed by atoms with Crippen molar-refractivity contribution >= 4 is 22.9 Å². The van der Waals surface area contributed by atoms with Crippen molar-refractivity contribution in [2.75, 3.05) is 26.2 Å². The number of carbonyl (C=O) groups excluding carboxylic acids is 2. The second-order valence-corrected chi connectivity index (χ2v) is 7.50. The zero-order valence-electron chi connectivity index (χ0n) is 15.5. The maximum absolute atomic E-state index is 13.3. The number of fused-ring (bicyclic) bond motifs is 1. The lowest BCUT2D eigenvalue weighted by Gasteiger charge is -2.35. The number of piperazine rings is 1. The van der Waals surface area contributed by atoms with Crippen molar-refractivity contribution in [2.24, 2.45) is 0 Å². The van der Waals surface area contributed by atoms with Crippen LogP contribution in [0.5, 0.6) is 0 Å². The van der Waals surface area contributed by atoms with E-state index >= 15 is 0 Å². The third-order valence-corrected chi connectivity index (χ3v) is 4.26. The number of H-pyrrole nitrogens is 1. The number of nitrogens with one attached hydrogen (secondary N) is 1. The molecule has 0 bridgehead atoms. The Balaban J connectivity index is 1.72. The average Bonchev–Trinajstić information content (AvgIpc) is 2.59. The number of pyridine rings is 1. The van der Waals surface area contributed by atoms with Gasteiger partial charge < -0.3 is 19.5 Å². The van der Waals surface area contributed by atoms with E-state index in [0.717, 1.165) is 0 Å². The van der Waals surface area contributed by atoms with Gasteiger partial charge in [0.25, 0.3) is 11.5 Å². The fraction of sp³-hybridized carbons (Fsp3) is 0.421. The molecule has 1 aromatic heterocycles. The minimum atomic E-state index is -0.581. The fourth-order valence-corrected chi connectivity index (χ4v) is 2.92. The van der Waals surface area contributed by atoms with Crippen molar-refractivity contribution in [3.05, 3.63) is 46.0 Å². The first-order chi connectivity index (χ1) is 12.6. The molecule has 2 heterocycles. The number of carbonyl (C=O) groups is 2. The summed E-state index contributed by atoms with van der Waals surface area (Å²) >= 11 is 0. The summed E-state index contributed by atoms with van der Waals surface area (Å²) in [5, 5.41) is 0.576. The van der Waals surface area contributed by atoms with Crippen LogP contribution in [0.4, 0.5) is 9.18 Å². The Morgan fingerprint density at radius 3 is 2.33 bits per heavy atom. The lowest BCUT2D eigenvalue weighted by Crippen LogP contribution is -2.52. The van der Waals surface area contributed by atoms with Crippen LogP contribution in [0.3, 0.4) is 0 Å². The van der Waals surface area contributed by atoms with Crippen molar-refractivity contribution in [1.29, 1.82) is 0 Å². The van der Waals surface area contributed by atoms with Crippen LogP contribution in [-0.4, -0.2) is 58.6 Å². The van der Waals surface area contributed by atoms with Gasteiger partial charge in [-0.25, -0.2) is 9.18 Å². The zero-order chi connectivity index (χ0) is 19.8. The summed E-state index contributed by atoms with van der Waals surface area (Å²) in [6, 6.07) is 5.47. The van der Waals surface area contributed by atoms with E-state index < -0.39 is 29.0 Å². The third-order valence-electron chi connectivity index (χ3n) is 4.26. The average molecular weight is 375 g/mol. The van der Waals surface area contributed by atoms with Gasteiger partial charge in [0.15, 0.2) is 0 Å².